The van der Waals surface area contributed by atoms with Crippen LogP contribution in [0.25, 0.3) is 0 Å². The third kappa shape index (κ3) is 2.45. The molecule has 2 nitrogen and oxygen atoms in total. The second-order valence-electron chi connectivity index (χ2n) is 4.97. The highest BCUT2D eigenvalue weighted by Gasteiger charge is 2.29. The molecular formula is C14H21NO. The van der Waals surface area contributed by atoms with Gasteiger partial charge < -0.3 is 10.1 Å². The molecule has 1 fully saturated rings. The number of ether oxygens (including phenoxy) is 1. The van der Waals surface area contributed by atoms with Crippen molar-refractivity contribution in [3.05, 3.63) is 35.9 Å². The van der Waals surface area contributed by atoms with Gasteiger partial charge in [-0.2, -0.15) is 0 Å². The Bertz CT molecular complexity index is 323. The number of nitrogens with one attached hydrogen (secondary N) is 1. The SMILES string of the molecule is CC(C)C1COC(c2ccccc2)C(C)N1. The maximum Gasteiger partial charge on any atom is 0.0975 e. The monoisotopic (exact) mass is 219 g/mol. The molecule has 16 heavy (non-hydrogen) atoms. The van der Waals surface area contributed by atoms with Crippen molar-refractivity contribution in [1.29, 1.82) is 0 Å². The zero-order valence-corrected chi connectivity index (χ0v) is 10.3. The van der Waals surface area contributed by atoms with E-state index in [1.165, 1.54) is 5.56 Å². The van der Waals surface area contributed by atoms with Gasteiger partial charge in [0.1, 0.15) is 0 Å². The molecule has 0 aliphatic carbocycles. The number of rotatable bonds is 2. The number of morpholine rings is 1. The van der Waals surface area contributed by atoms with Crippen LogP contribution in [0.5, 0.6) is 0 Å². The summed E-state index contributed by atoms with van der Waals surface area (Å²) in [5.74, 6) is 0.624. The van der Waals surface area contributed by atoms with Crippen LogP contribution in [0.4, 0.5) is 0 Å². The number of benzene rings is 1. The van der Waals surface area contributed by atoms with Crippen molar-refractivity contribution < 1.29 is 4.74 Å². The molecule has 0 spiro atoms. The average molecular weight is 219 g/mol. The van der Waals surface area contributed by atoms with Crippen LogP contribution in [0.2, 0.25) is 0 Å². The van der Waals surface area contributed by atoms with Gasteiger partial charge >= 0.3 is 0 Å². The Labute approximate surface area is 98.0 Å². The molecule has 0 saturated carbocycles. The van der Waals surface area contributed by atoms with Crippen molar-refractivity contribution in [2.75, 3.05) is 6.61 Å². The van der Waals surface area contributed by atoms with Crippen LogP contribution in [0, 0.1) is 5.92 Å². The summed E-state index contributed by atoms with van der Waals surface area (Å²) in [6, 6.07) is 11.3. The molecule has 2 heteroatoms. The van der Waals surface area contributed by atoms with Gasteiger partial charge in [-0.25, -0.2) is 0 Å². The first-order valence-corrected chi connectivity index (χ1v) is 6.11. The van der Waals surface area contributed by atoms with Crippen LogP contribution >= 0.6 is 0 Å². The molecule has 1 aromatic carbocycles. The van der Waals surface area contributed by atoms with E-state index in [2.05, 4.69) is 50.4 Å². The summed E-state index contributed by atoms with van der Waals surface area (Å²) in [5.41, 5.74) is 1.27. The zero-order valence-electron chi connectivity index (χ0n) is 10.3. The minimum absolute atomic E-state index is 0.191. The second kappa shape index (κ2) is 4.98. The predicted molar refractivity (Wildman–Crippen MR) is 66.4 cm³/mol. The largest absolute Gasteiger partial charge is 0.370 e. The zero-order chi connectivity index (χ0) is 11.5. The fourth-order valence-electron chi connectivity index (χ4n) is 2.24. The highest BCUT2D eigenvalue weighted by atomic mass is 16.5. The standard InChI is InChI=1S/C14H21NO/c1-10(2)13-9-16-14(11(3)15-13)12-7-5-4-6-8-12/h4-8,10-11,13-15H,9H2,1-3H3. The molecule has 1 aromatic rings. The van der Waals surface area contributed by atoms with Crippen LogP contribution in [0.15, 0.2) is 30.3 Å². The Kier molecular flexibility index (Phi) is 3.62. The molecule has 88 valence electrons. The van der Waals surface area contributed by atoms with Crippen LogP contribution in [-0.2, 0) is 4.74 Å². The molecular weight excluding hydrogens is 198 g/mol. The first kappa shape index (κ1) is 11.6. The van der Waals surface area contributed by atoms with Crippen molar-refractivity contribution in [3.63, 3.8) is 0 Å². The molecule has 1 aliphatic rings. The molecule has 1 heterocycles. The van der Waals surface area contributed by atoms with Crippen LogP contribution in [0.3, 0.4) is 0 Å². The van der Waals surface area contributed by atoms with E-state index >= 15 is 0 Å². The van der Waals surface area contributed by atoms with Gasteiger partial charge in [-0.05, 0) is 18.4 Å². The van der Waals surface area contributed by atoms with Crippen molar-refractivity contribution in [2.45, 2.75) is 39.0 Å². The minimum atomic E-state index is 0.191. The smallest absolute Gasteiger partial charge is 0.0975 e. The van der Waals surface area contributed by atoms with Crippen LogP contribution in [0.1, 0.15) is 32.4 Å². The van der Waals surface area contributed by atoms with Gasteiger partial charge in [0.2, 0.25) is 0 Å². The minimum Gasteiger partial charge on any atom is -0.370 e. The fraction of sp³-hybridized carbons (Fsp3) is 0.571. The van der Waals surface area contributed by atoms with Crippen molar-refractivity contribution in [1.82, 2.24) is 5.32 Å². The van der Waals surface area contributed by atoms with E-state index in [4.69, 9.17) is 4.74 Å². The molecule has 0 radical (unpaired) electrons. The molecule has 3 atom stereocenters. The highest BCUT2D eigenvalue weighted by Crippen LogP contribution is 2.26. The van der Waals surface area contributed by atoms with Gasteiger partial charge in [0.15, 0.2) is 0 Å². The molecule has 2 rings (SSSR count). The second-order valence-corrected chi connectivity index (χ2v) is 4.97. The molecule has 0 bridgehead atoms. The Morgan fingerprint density at radius 1 is 1.25 bits per heavy atom. The third-order valence-electron chi connectivity index (χ3n) is 3.32. The fourth-order valence-corrected chi connectivity index (χ4v) is 2.24. The first-order chi connectivity index (χ1) is 7.68. The topological polar surface area (TPSA) is 21.3 Å². The molecule has 1 N–H and O–H groups in total. The van der Waals surface area contributed by atoms with Crippen LogP contribution < -0.4 is 5.32 Å². The van der Waals surface area contributed by atoms with Gasteiger partial charge in [0.05, 0.1) is 12.7 Å². The molecule has 0 aromatic heterocycles. The van der Waals surface area contributed by atoms with E-state index in [0.717, 1.165) is 6.61 Å². The first-order valence-electron chi connectivity index (χ1n) is 6.11. The van der Waals surface area contributed by atoms with Crippen molar-refractivity contribution in [2.24, 2.45) is 5.92 Å². The molecule has 1 aliphatic heterocycles. The van der Waals surface area contributed by atoms with E-state index in [1.54, 1.807) is 0 Å². The lowest BCUT2D eigenvalue weighted by Gasteiger charge is -2.37. The summed E-state index contributed by atoms with van der Waals surface area (Å²) in [7, 11) is 0. The number of hydrogen-bond donors (Lipinski definition) is 1. The van der Waals surface area contributed by atoms with E-state index in [0.29, 0.717) is 18.0 Å². The van der Waals surface area contributed by atoms with Crippen LogP contribution in [-0.4, -0.2) is 18.7 Å². The Balaban J connectivity index is 2.05. The Hall–Kier alpha value is -0.860. The van der Waals surface area contributed by atoms with E-state index in [1.807, 2.05) is 6.07 Å². The normalized spacial score (nSPS) is 30.6. The van der Waals surface area contributed by atoms with E-state index in [9.17, 15) is 0 Å². The molecule has 0 amide bonds. The molecule has 1 saturated heterocycles. The van der Waals surface area contributed by atoms with Crippen molar-refractivity contribution >= 4 is 0 Å². The lowest BCUT2D eigenvalue weighted by atomic mass is 9.97. The third-order valence-corrected chi connectivity index (χ3v) is 3.32. The summed E-state index contributed by atoms with van der Waals surface area (Å²) < 4.78 is 5.99. The highest BCUT2D eigenvalue weighted by molar-refractivity contribution is 5.19. The van der Waals surface area contributed by atoms with Crippen molar-refractivity contribution in [3.8, 4) is 0 Å². The summed E-state index contributed by atoms with van der Waals surface area (Å²) in [4.78, 5) is 0. The summed E-state index contributed by atoms with van der Waals surface area (Å²) in [6.07, 6.45) is 0.191. The van der Waals surface area contributed by atoms with E-state index in [-0.39, 0.29) is 6.10 Å². The maximum atomic E-state index is 5.99. The summed E-state index contributed by atoms with van der Waals surface area (Å²) >= 11 is 0. The maximum absolute atomic E-state index is 5.99. The van der Waals surface area contributed by atoms with Gasteiger partial charge in [-0.15, -0.1) is 0 Å². The van der Waals surface area contributed by atoms with Gasteiger partial charge in [-0.3, -0.25) is 0 Å². The Morgan fingerprint density at radius 3 is 2.50 bits per heavy atom. The lowest BCUT2D eigenvalue weighted by molar-refractivity contribution is -0.0339. The average Bonchev–Trinajstić information content (AvgIpc) is 2.30. The lowest BCUT2D eigenvalue weighted by Crippen LogP contribution is -2.51. The quantitative estimate of drug-likeness (QED) is 0.826. The van der Waals surface area contributed by atoms with Gasteiger partial charge in [0, 0.05) is 12.1 Å². The van der Waals surface area contributed by atoms with Gasteiger partial charge in [0.25, 0.3) is 0 Å². The summed E-state index contributed by atoms with van der Waals surface area (Å²) in [6.45, 7) is 7.47. The number of hydrogen-bond acceptors (Lipinski definition) is 2. The Morgan fingerprint density at radius 2 is 1.94 bits per heavy atom. The van der Waals surface area contributed by atoms with E-state index < -0.39 is 0 Å². The molecule has 3 unspecified atom stereocenters. The predicted octanol–water partition coefficient (Wildman–Crippen LogP) is 2.76. The van der Waals surface area contributed by atoms with Gasteiger partial charge in [-0.1, -0.05) is 44.2 Å². The summed E-state index contributed by atoms with van der Waals surface area (Å²) in [5, 5.41) is 3.64.